The SMILES string of the molecule is CN(Cc1ccccn1)c1nc(N)nc(-n2cncn2)n1. The van der Waals surface area contributed by atoms with E-state index < -0.39 is 0 Å². The molecule has 0 aliphatic heterocycles. The van der Waals surface area contributed by atoms with E-state index in [1.165, 1.54) is 17.3 Å². The summed E-state index contributed by atoms with van der Waals surface area (Å²) in [5, 5.41) is 3.98. The van der Waals surface area contributed by atoms with Crippen LogP contribution in [0.4, 0.5) is 11.9 Å². The first-order valence-electron chi connectivity index (χ1n) is 6.20. The molecule has 106 valence electrons. The Morgan fingerprint density at radius 2 is 2.14 bits per heavy atom. The highest BCUT2D eigenvalue weighted by atomic mass is 15.4. The van der Waals surface area contributed by atoms with E-state index in [2.05, 4.69) is 30.0 Å². The summed E-state index contributed by atoms with van der Waals surface area (Å²) in [6.07, 6.45) is 4.64. The predicted octanol–water partition coefficient (Wildman–Crippen LogP) is 0.0659. The molecule has 3 heterocycles. The summed E-state index contributed by atoms with van der Waals surface area (Å²) in [5.74, 6) is 0.889. The van der Waals surface area contributed by atoms with Crippen molar-refractivity contribution in [2.45, 2.75) is 6.54 Å². The summed E-state index contributed by atoms with van der Waals surface area (Å²) < 4.78 is 1.43. The third-order valence-electron chi connectivity index (χ3n) is 2.72. The normalized spacial score (nSPS) is 10.5. The number of nitrogen functional groups attached to an aromatic ring is 1. The zero-order chi connectivity index (χ0) is 14.7. The second kappa shape index (κ2) is 5.49. The van der Waals surface area contributed by atoms with Crippen LogP contribution in [-0.2, 0) is 6.54 Å². The minimum atomic E-state index is 0.123. The zero-order valence-corrected chi connectivity index (χ0v) is 11.3. The molecule has 0 bridgehead atoms. The highest BCUT2D eigenvalue weighted by molar-refractivity contribution is 5.37. The highest BCUT2D eigenvalue weighted by Crippen LogP contribution is 2.11. The van der Waals surface area contributed by atoms with Gasteiger partial charge in [0, 0.05) is 13.2 Å². The van der Waals surface area contributed by atoms with Gasteiger partial charge in [0.1, 0.15) is 12.7 Å². The molecule has 0 aliphatic carbocycles. The molecule has 21 heavy (non-hydrogen) atoms. The molecule has 9 heteroatoms. The molecule has 2 N–H and O–H groups in total. The van der Waals surface area contributed by atoms with Crippen LogP contribution in [0.5, 0.6) is 0 Å². The Morgan fingerprint density at radius 1 is 1.24 bits per heavy atom. The van der Waals surface area contributed by atoms with Gasteiger partial charge in [-0.1, -0.05) is 6.07 Å². The molecular weight excluding hydrogens is 270 g/mol. The molecule has 9 nitrogen and oxygen atoms in total. The van der Waals surface area contributed by atoms with Gasteiger partial charge in [0.15, 0.2) is 0 Å². The Balaban J connectivity index is 1.88. The molecule has 0 spiro atoms. The minimum absolute atomic E-state index is 0.123. The Hall–Kier alpha value is -3.10. The monoisotopic (exact) mass is 283 g/mol. The van der Waals surface area contributed by atoms with E-state index in [-0.39, 0.29) is 5.95 Å². The average Bonchev–Trinajstić information content (AvgIpc) is 3.02. The lowest BCUT2D eigenvalue weighted by Gasteiger charge is -2.17. The fraction of sp³-hybridized carbons (Fsp3) is 0.167. The van der Waals surface area contributed by atoms with Crippen LogP contribution < -0.4 is 10.6 Å². The van der Waals surface area contributed by atoms with Crippen molar-refractivity contribution in [3.63, 3.8) is 0 Å². The van der Waals surface area contributed by atoms with E-state index in [1.54, 1.807) is 6.20 Å². The topological polar surface area (TPSA) is 112 Å². The van der Waals surface area contributed by atoms with Crippen LogP contribution in [0.25, 0.3) is 5.95 Å². The number of pyridine rings is 1. The van der Waals surface area contributed by atoms with Crippen LogP contribution >= 0.6 is 0 Å². The zero-order valence-electron chi connectivity index (χ0n) is 11.3. The van der Waals surface area contributed by atoms with Crippen LogP contribution in [0.15, 0.2) is 37.1 Å². The van der Waals surface area contributed by atoms with Crippen molar-refractivity contribution in [2.75, 3.05) is 17.7 Å². The van der Waals surface area contributed by atoms with Crippen molar-refractivity contribution in [1.82, 2.24) is 34.7 Å². The Labute approximate surface area is 120 Å². The summed E-state index contributed by atoms with van der Waals surface area (Å²) in [5.41, 5.74) is 6.63. The number of nitrogens with two attached hydrogens (primary N) is 1. The molecule has 0 fully saturated rings. The number of hydrogen-bond donors (Lipinski definition) is 1. The summed E-state index contributed by atoms with van der Waals surface area (Å²) in [6, 6.07) is 5.73. The van der Waals surface area contributed by atoms with Crippen LogP contribution in [0.3, 0.4) is 0 Å². The quantitative estimate of drug-likeness (QED) is 0.715. The predicted molar refractivity (Wildman–Crippen MR) is 75.5 cm³/mol. The van der Waals surface area contributed by atoms with E-state index in [4.69, 9.17) is 5.73 Å². The summed E-state index contributed by atoms with van der Waals surface area (Å²) in [6.45, 7) is 0.557. The largest absolute Gasteiger partial charge is 0.368 e. The van der Waals surface area contributed by atoms with Gasteiger partial charge in [-0.3, -0.25) is 4.98 Å². The lowest BCUT2D eigenvalue weighted by atomic mass is 10.3. The molecular formula is C12H13N9. The maximum atomic E-state index is 5.73. The van der Waals surface area contributed by atoms with Gasteiger partial charge in [0.2, 0.25) is 11.9 Å². The first-order valence-corrected chi connectivity index (χ1v) is 6.20. The van der Waals surface area contributed by atoms with Crippen molar-refractivity contribution in [2.24, 2.45) is 0 Å². The number of hydrogen-bond acceptors (Lipinski definition) is 8. The molecule has 3 aromatic rings. The van der Waals surface area contributed by atoms with Gasteiger partial charge in [-0.05, 0) is 12.1 Å². The van der Waals surface area contributed by atoms with Crippen molar-refractivity contribution in [1.29, 1.82) is 0 Å². The van der Waals surface area contributed by atoms with Crippen LogP contribution in [0.2, 0.25) is 0 Å². The lowest BCUT2D eigenvalue weighted by molar-refractivity contribution is 0.771. The standard InChI is InChI=1S/C12H13N9/c1-20(6-9-4-2-3-5-15-9)11-17-10(13)18-12(19-11)21-8-14-7-16-21/h2-5,7-8H,6H2,1H3,(H2,13,17,18,19). The van der Waals surface area contributed by atoms with Gasteiger partial charge in [-0.15, -0.1) is 0 Å². The summed E-state index contributed by atoms with van der Waals surface area (Å²) in [7, 11) is 1.86. The van der Waals surface area contributed by atoms with E-state index in [9.17, 15) is 0 Å². The van der Waals surface area contributed by atoms with Crippen molar-refractivity contribution >= 4 is 11.9 Å². The van der Waals surface area contributed by atoms with Crippen LogP contribution in [-0.4, -0.2) is 41.7 Å². The summed E-state index contributed by atoms with van der Waals surface area (Å²) in [4.78, 5) is 22.5. The van der Waals surface area contributed by atoms with Gasteiger partial charge in [-0.25, -0.2) is 4.98 Å². The van der Waals surface area contributed by atoms with Crippen molar-refractivity contribution in [3.8, 4) is 5.95 Å². The number of rotatable bonds is 4. The second-order valence-corrected chi connectivity index (χ2v) is 4.31. The van der Waals surface area contributed by atoms with Crippen LogP contribution in [0.1, 0.15) is 5.69 Å². The van der Waals surface area contributed by atoms with Gasteiger partial charge in [0.25, 0.3) is 5.95 Å². The minimum Gasteiger partial charge on any atom is -0.368 e. The third-order valence-corrected chi connectivity index (χ3v) is 2.72. The van der Waals surface area contributed by atoms with Crippen molar-refractivity contribution in [3.05, 3.63) is 42.7 Å². The highest BCUT2D eigenvalue weighted by Gasteiger charge is 2.11. The molecule has 0 radical (unpaired) electrons. The fourth-order valence-electron chi connectivity index (χ4n) is 1.76. The Kier molecular flexibility index (Phi) is 3.37. The third kappa shape index (κ3) is 2.91. The van der Waals surface area contributed by atoms with Gasteiger partial charge < -0.3 is 10.6 Å². The molecule has 0 unspecified atom stereocenters. The maximum Gasteiger partial charge on any atom is 0.258 e. The molecule has 0 aliphatic rings. The lowest BCUT2D eigenvalue weighted by Crippen LogP contribution is -2.22. The number of anilines is 2. The number of nitrogens with zero attached hydrogens (tertiary/aromatic N) is 8. The van der Waals surface area contributed by atoms with E-state index >= 15 is 0 Å². The van der Waals surface area contributed by atoms with E-state index in [1.807, 2.05) is 30.1 Å². The van der Waals surface area contributed by atoms with E-state index in [0.29, 0.717) is 18.4 Å². The molecule has 3 aromatic heterocycles. The second-order valence-electron chi connectivity index (χ2n) is 4.31. The maximum absolute atomic E-state index is 5.73. The molecule has 0 aromatic carbocycles. The van der Waals surface area contributed by atoms with Gasteiger partial charge in [-0.2, -0.15) is 24.7 Å². The molecule has 0 atom stereocenters. The Morgan fingerprint density at radius 3 is 2.86 bits per heavy atom. The molecule has 0 amide bonds. The van der Waals surface area contributed by atoms with Gasteiger partial charge in [0.05, 0.1) is 12.2 Å². The average molecular weight is 283 g/mol. The fourth-order valence-corrected chi connectivity index (χ4v) is 1.76. The van der Waals surface area contributed by atoms with E-state index in [0.717, 1.165) is 5.69 Å². The molecule has 3 rings (SSSR count). The first kappa shape index (κ1) is 12.9. The van der Waals surface area contributed by atoms with Crippen molar-refractivity contribution < 1.29 is 0 Å². The number of aromatic nitrogens is 7. The first-order chi connectivity index (χ1) is 10.2. The van der Waals surface area contributed by atoms with Gasteiger partial charge >= 0.3 is 0 Å². The van der Waals surface area contributed by atoms with Crippen LogP contribution in [0, 0.1) is 0 Å². The smallest absolute Gasteiger partial charge is 0.258 e. The Bertz CT molecular complexity index is 711. The molecule has 0 saturated heterocycles. The molecule has 0 saturated carbocycles. The summed E-state index contributed by atoms with van der Waals surface area (Å²) >= 11 is 0.